The number of nitrogens with zero attached hydrogens (tertiary/aromatic N) is 7. The maximum atomic E-state index is 14.3. The number of aromatic carboxylic acids is 1. The minimum atomic E-state index is -1.09. The number of fused-ring (bicyclic) bond motifs is 3. The van der Waals surface area contributed by atoms with Crippen LogP contribution >= 0.6 is 11.3 Å². The molecule has 5 fully saturated rings. The van der Waals surface area contributed by atoms with E-state index in [-0.39, 0.29) is 35.2 Å². The van der Waals surface area contributed by atoms with Crippen molar-refractivity contribution in [1.82, 2.24) is 29.0 Å². The van der Waals surface area contributed by atoms with Crippen molar-refractivity contribution in [2.45, 2.75) is 65.0 Å². The normalized spacial score (nSPS) is 21.5. The molecule has 12 rings (SSSR count). The number of hydrogen-bond donors (Lipinski definition) is 3. The van der Waals surface area contributed by atoms with Crippen molar-refractivity contribution in [3.05, 3.63) is 120 Å². The van der Waals surface area contributed by atoms with Gasteiger partial charge in [0.2, 0.25) is 0 Å². The Morgan fingerprint density at radius 3 is 2.40 bits per heavy atom. The van der Waals surface area contributed by atoms with Crippen LogP contribution in [0.15, 0.2) is 97.5 Å². The van der Waals surface area contributed by atoms with Crippen LogP contribution in [-0.2, 0) is 17.9 Å². The summed E-state index contributed by atoms with van der Waals surface area (Å²) in [7, 11) is 0. The maximum Gasteiger partial charge on any atom is 0.410 e. The minimum Gasteiger partial charge on any atom is -0.478 e. The average Bonchev–Trinajstić information content (AvgIpc) is 3.98. The fraction of sp³-hybridized carbons (Fsp3) is 0.360. The number of anilines is 4. The van der Waals surface area contributed by atoms with Crippen molar-refractivity contribution in [2.75, 3.05) is 41.7 Å². The number of piperazine rings is 1. The van der Waals surface area contributed by atoms with Crippen LogP contribution in [0.3, 0.4) is 0 Å². The van der Waals surface area contributed by atoms with E-state index in [0.717, 1.165) is 57.0 Å². The van der Waals surface area contributed by atoms with Gasteiger partial charge in [-0.2, -0.15) is 5.10 Å². The summed E-state index contributed by atoms with van der Waals surface area (Å²) >= 11 is 1.39. The Hall–Kier alpha value is -6.74. The summed E-state index contributed by atoms with van der Waals surface area (Å²) in [5.74, 6) is 1.49. The number of benzene rings is 3. The number of carboxylic acid groups (broad SMARTS) is 1. The van der Waals surface area contributed by atoms with Crippen molar-refractivity contribution < 1.29 is 24.2 Å². The number of pyridine rings is 1. The number of carbonyl (C=O) groups excluding carboxylic acids is 2. The lowest BCUT2D eigenvalue weighted by molar-refractivity contribution is 0.0169. The molecule has 5 heterocycles. The molecule has 65 heavy (non-hydrogen) atoms. The third-order valence-electron chi connectivity index (χ3n) is 14.4. The van der Waals surface area contributed by atoms with Gasteiger partial charge >= 0.3 is 12.1 Å². The molecule has 7 aromatic rings. The molecule has 5 aliphatic rings. The fourth-order valence-electron chi connectivity index (χ4n) is 11.5. The van der Waals surface area contributed by atoms with E-state index in [0.29, 0.717) is 53.9 Å². The first-order chi connectivity index (χ1) is 31.6. The van der Waals surface area contributed by atoms with E-state index in [1.54, 1.807) is 15.5 Å². The Morgan fingerprint density at radius 2 is 1.63 bits per heavy atom. The minimum absolute atomic E-state index is 0.0852. The van der Waals surface area contributed by atoms with E-state index in [9.17, 15) is 19.5 Å². The Kier molecular flexibility index (Phi) is 10.5. The van der Waals surface area contributed by atoms with Crippen LogP contribution < -0.4 is 15.5 Å². The molecule has 2 unspecified atom stereocenters. The Bertz CT molecular complexity index is 2900. The van der Waals surface area contributed by atoms with Crippen molar-refractivity contribution in [2.24, 2.45) is 23.2 Å². The number of ether oxygens (including phenoxy) is 1. The number of aromatic nitrogens is 5. The van der Waals surface area contributed by atoms with Crippen molar-refractivity contribution in [3.8, 4) is 11.1 Å². The quantitative estimate of drug-likeness (QED) is 0.114. The highest BCUT2D eigenvalue weighted by Gasteiger charge is 2.49. The molecule has 4 aliphatic carbocycles. The summed E-state index contributed by atoms with van der Waals surface area (Å²) in [6.45, 7) is 5.13. The molecule has 2 atom stereocenters. The molecule has 4 saturated carbocycles. The van der Waals surface area contributed by atoms with Crippen molar-refractivity contribution >= 4 is 67.5 Å². The Labute approximate surface area is 380 Å². The number of imidazole rings is 1. The molecule has 0 spiro atoms. The summed E-state index contributed by atoms with van der Waals surface area (Å²) in [6, 6.07) is 24.8. The summed E-state index contributed by atoms with van der Waals surface area (Å²) in [4.78, 5) is 53.5. The largest absolute Gasteiger partial charge is 0.478 e. The molecular weight excluding hydrogens is 839 g/mol. The van der Waals surface area contributed by atoms with Crippen LogP contribution in [0.1, 0.15) is 76.9 Å². The second-order valence-corrected chi connectivity index (χ2v) is 19.6. The molecule has 14 nitrogen and oxygen atoms in total. The van der Waals surface area contributed by atoms with Gasteiger partial charge in [0.25, 0.3) is 5.91 Å². The van der Waals surface area contributed by atoms with Gasteiger partial charge in [-0.25, -0.2) is 19.6 Å². The van der Waals surface area contributed by atoms with Gasteiger partial charge in [-0.15, -0.1) is 0 Å². The lowest BCUT2D eigenvalue weighted by atomic mass is 9.58. The first-order valence-corrected chi connectivity index (χ1v) is 23.5. The summed E-state index contributed by atoms with van der Waals surface area (Å²) in [5, 5.41) is 22.5. The van der Waals surface area contributed by atoms with Gasteiger partial charge in [0.15, 0.2) is 10.8 Å². The van der Waals surface area contributed by atoms with Crippen LogP contribution in [0.4, 0.5) is 27.1 Å². The third-order valence-corrected chi connectivity index (χ3v) is 15.3. The van der Waals surface area contributed by atoms with Gasteiger partial charge in [0, 0.05) is 61.4 Å². The second kappa shape index (κ2) is 16.7. The maximum absolute atomic E-state index is 14.3. The number of para-hydroxylation sites is 1. The molecule has 15 heteroatoms. The number of carbonyl (C=O) groups is 3. The zero-order valence-electron chi connectivity index (χ0n) is 36.3. The molecule has 3 aromatic carbocycles. The van der Waals surface area contributed by atoms with Crippen LogP contribution in [0.5, 0.6) is 0 Å². The second-order valence-electron chi connectivity index (χ2n) is 18.6. The van der Waals surface area contributed by atoms with Gasteiger partial charge < -0.3 is 25.0 Å². The highest BCUT2D eigenvalue weighted by molar-refractivity contribution is 7.22. The number of rotatable bonds is 11. The average molecular weight is 890 g/mol. The van der Waals surface area contributed by atoms with Gasteiger partial charge in [-0.05, 0) is 104 Å². The Morgan fingerprint density at radius 1 is 0.877 bits per heavy atom. The molecule has 4 bridgehead atoms. The third kappa shape index (κ3) is 7.95. The lowest BCUT2D eigenvalue weighted by Crippen LogP contribution is -2.49. The van der Waals surface area contributed by atoms with Gasteiger partial charge in [0.1, 0.15) is 18.0 Å². The summed E-state index contributed by atoms with van der Waals surface area (Å²) < 4.78 is 10.4. The van der Waals surface area contributed by atoms with Gasteiger partial charge in [0.05, 0.1) is 33.9 Å². The van der Waals surface area contributed by atoms with E-state index >= 15 is 0 Å². The molecule has 2 amide bonds. The van der Waals surface area contributed by atoms with E-state index in [4.69, 9.17) is 9.84 Å². The van der Waals surface area contributed by atoms with E-state index < -0.39 is 5.97 Å². The van der Waals surface area contributed by atoms with Crippen molar-refractivity contribution in [3.63, 3.8) is 0 Å². The van der Waals surface area contributed by atoms with Crippen LogP contribution in [-0.4, -0.2) is 78.3 Å². The molecule has 1 saturated heterocycles. The van der Waals surface area contributed by atoms with E-state index in [1.807, 2.05) is 91.3 Å². The smallest absolute Gasteiger partial charge is 0.410 e. The molecular formula is C50H51N9O5S. The number of amides is 2. The predicted octanol–water partition coefficient (Wildman–Crippen LogP) is 9.88. The van der Waals surface area contributed by atoms with Crippen LogP contribution in [0.25, 0.3) is 27.0 Å². The molecule has 4 aromatic heterocycles. The summed E-state index contributed by atoms with van der Waals surface area (Å²) in [5.41, 5.74) is 6.33. The first kappa shape index (κ1) is 41.0. The number of hydrogen-bond acceptors (Lipinski definition) is 10. The topological polar surface area (TPSA) is 159 Å². The lowest BCUT2D eigenvalue weighted by Gasteiger charge is -2.48. The van der Waals surface area contributed by atoms with Gasteiger partial charge in [-0.1, -0.05) is 66.6 Å². The van der Waals surface area contributed by atoms with Crippen LogP contribution in [0.2, 0.25) is 0 Å². The van der Waals surface area contributed by atoms with Crippen molar-refractivity contribution in [1.29, 1.82) is 0 Å². The molecule has 1 aliphatic heterocycles. The molecule has 0 radical (unpaired) electrons. The van der Waals surface area contributed by atoms with E-state index in [1.165, 1.54) is 56.3 Å². The summed E-state index contributed by atoms with van der Waals surface area (Å²) in [6.07, 6.45) is 14.2. The number of nitrogens with one attached hydrogen (secondary N) is 2. The van der Waals surface area contributed by atoms with Gasteiger partial charge in [-0.3, -0.25) is 19.2 Å². The molecule has 3 N–H and O–H groups in total. The Balaban J connectivity index is 0.862. The number of carboxylic acids is 1. The highest BCUT2D eigenvalue weighted by Crippen LogP contribution is 2.58. The zero-order chi connectivity index (χ0) is 44.2. The number of thiazole rings is 1. The standard InChI is InChI=1S/C50H51N9O5S/c1-31-39(27-52-59(31)30-50-24-33-11-12-34(25-50)22-35(21-33)26-50)37-15-16-58-43(28-51-45(58)44(37)47(61)62)53-40-14-13-36(23-38(40)46(60)55-48-54-41-9-5-6-10-42(41)65-48)56-17-19-57(20-18-56)49(63)64-29-32-7-3-2-4-8-32/h2-10,13-16,23,27-28,33-35,53H,11-12,17-22,24-26,29-30H2,1H3,(H,61,62)(H,54,55,60). The predicted molar refractivity (Wildman–Crippen MR) is 251 cm³/mol. The first-order valence-electron chi connectivity index (χ1n) is 22.7. The molecule has 332 valence electrons. The van der Waals surface area contributed by atoms with E-state index in [2.05, 4.69) is 37.1 Å². The van der Waals surface area contributed by atoms with Crippen LogP contribution in [0, 0.1) is 30.1 Å². The monoisotopic (exact) mass is 889 g/mol. The fourth-order valence-corrected chi connectivity index (χ4v) is 12.4. The highest BCUT2D eigenvalue weighted by atomic mass is 32.1. The zero-order valence-corrected chi connectivity index (χ0v) is 37.1. The SMILES string of the molecule is Cc1c(-c2ccn3c(Nc4ccc(N5CCN(C(=O)OCc6ccccc6)CC5)cc4C(=O)Nc4nc5ccccc5s4)cnc3c2C(=O)O)cnn1CC12CC3CCC(CC(C3)C1)C2.